The largest absolute Gasteiger partial charge is 0.382 e. The summed E-state index contributed by atoms with van der Waals surface area (Å²) in [6.07, 6.45) is 4.86. The van der Waals surface area contributed by atoms with Crippen LogP contribution in [0, 0.1) is 11.7 Å². The molecule has 1 fully saturated rings. The molecule has 0 bridgehead atoms. The number of nitrogen functional groups attached to an aromatic ring is 1. The number of hydrogen-bond donors (Lipinski definition) is 3. The molecule has 0 spiro atoms. The van der Waals surface area contributed by atoms with E-state index in [9.17, 15) is 9.18 Å². The number of amides is 1. The summed E-state index contributed by atoms with van der Waals surface area (Å²) in [5, 5.41) is 14.8. The van der Waals surface area contributed by atoms with Crippen molar-refractivity contribution in [3.05, 3.63) is 76.3 Å². The molecular weight excluding hydrogens is 483 g/mol. The first-order chi connectivity index (χ1) is 17.5. The average molecular weight is 507 g/mol. The Labute approximate surface area is 212 Å². The van der Waals surface area contributed by atoms with Crippen LogP contribution in [0.1, 0.15) is 34.5 Å². The molecule has 0 aliphatic carbocycles. The van der Waals surface area contributed by atoms with E-state index in [1.165, 1.54) is 18.5 Å². The number of carbonyl (C=O) groups excluding carboxylic acids is 1. The second-order valence-corrected chi connectivity index (χ2v) is 9.09. The molecule has 1 saturated heterocycles. The monoisotopic (exact) mass is 506 g/mol. The van der Waals surface area contributed by atoms with Crippen molar-refractivity contribution in [2.45, 2.75) is 25.0 Å². The van der Waals surface area contributed by atoms with E-state index in [0.29, 0.717) is 29.1 Å². The van der Waals surface area contributed by atoms with Gasteiger partial charge in [-0.05, 0) is 43.7 Å². The smallest absolute Gasteiger partial charge is 0.251 e. The Morgan fingerprint density at radius 3 is 2.89 bits per heavy atom. The van der Waals surface area contributed by atoms with E-state index in [4.69, 9.17) is 22.3 Å². The lowest BCUT2D eigenvalue weighted by molar-refractivity contribution is 0.0950. The summed E-state index contributed by atoms with van der Waals surface area (Å²) in [7, 11) is 0. The van der Waals surface area contributed by atoms with Crippen molar-refractivity contribution in [1.29, 1.82) is 0 Å². The molecule has 2 aromatic carbocycles. The van der Waals surface area contributed by atoms with Crippen molar-refractivity contribution < 1.29 is 9.18 Å². The van der Waals surface area contributed by atoms with Crippen molar-refractivity contribution in [3.63, 3.8) is 0 Å². The van der Waals surface area contributed by atoms with Crippen LogP contribution in [0.5, 0.6) is 0 Å². The molecule has 4 N–H and O–H groups in total. The van der Waals surface area contributed by atoms with E-state index in [1.54, 1.807) is 30.5 Å². The van der Waals surface area contributed by atoms with Crippen LogP contribution in [0.2, 0.25) is 5.02 Å². The fourth-order valence-electron chi connectivity index (χ4n) is 4.54. The van der Waals surface area contributed by atoms with Gasteiger partial charge in [-0.25, -0.2) is 19.4 Å². The highest BCUT2D eigenvalue weighted by Gasteiger charge is 2.46. The molecule has 2 aliphatic rings. The Morgan fingerprint density at radius 1 is 1.28 bits per heavy atom. The number of piperidine rings is 1. The number of rotatable bonds is 6. The molecule has 5 rings (SSSR count). The number of carbonyl (C=O) groups is 1. The molecule has 11 heteroatoms. The van der Waals surface area contributed by atoms with Gasteiger partial charge in [-0.2, -0.15) is 0 Å². The van der Waals surface area contributed by atoms with Crippen LogP contribution in [0.15, 0.2) is 63.9 Å². The van der Waals surface area contributed by atoms with Gasteiger partial charge in [-0.15, -0.1) is 10.2 Å². The maximum absolute atomic E-state index is 14.1. The number of azo groups is 1. The third kappa shape index (κ3) is 4.57. The highest BCUT2D eigenvalue weighted by atomic mass is 35.5. The van der Waals surface area contributed by atoms with Crippen LogP contribution in [0.25, 0.3) is 11.3 Å². The first-order valence-electron chi connectivity index (χ1n) is 11.6. The predicted octanol–water partition coefficient (Wildman–Crippen LogP) is 4.09. The molecule has 1 aromatic heterocycles. The number of nitrogens with two attached hydrogens (primary N) is 1. The highest BCUT2D eigenvalue weighted by molar-refractivity contribution is 6.31. The molecule has 0 radical (unpaired) electrons. The lowest BCUT2D eigenvalue weighted by atomic mass is 9.84. The summed E-state index contributed by atoms with van der Waals surface area (Å²) in [5.74, 6) is -0.588. The quantitative estimate of drug-likeness (QED) is 0.463. The van der Waals surface area contributed by atoms with Gasteiger partial charge in [0.2, 0.25) is 5.66 Å². The maximum Gasteiger partial charge on any atom is 0.251 e. The SMILES string of the molecule is Nc1ncc(-c2cccc(C(=O)NCc3c(F)cccc3Cl)c2)nc1C1(C2CCCNC2)N=CN=N1. The third-order valence-electron chi connectivity index (χ3n) is 6.44. The summed E-state index contributed by atoms with van der Waals surface area (Å²) < 4.78 is 14.1. The molecule has 2 aliphatic heterocycles. The van der Waals surface area contributed by atoms with E-state index in [-0.39, 0.29) is 34.8 Å². The topological polar surface area (TPSA) is 130 Å². The summed E-state index contributed by atoms with van der Waals surface area (Å²) in [4.78, 5) is 26.6. The normalized spacial score (nSPS) is 21.0. The van der Waals surface area contributed by atoms with Gasteiger partial charge >= 0.3 is 0 Å². The lowest BCUT2D eigenvalue weighted by Gasteiger charge is -2.34. The fourth-order valence-corrected chi connectivity index (χ4v) is 4.77. The second-order valence-electron chi connectivity index (χ2n) is 8.68. The van der Waals surface area contributed by atoms with Crippen LogP contribution >= 0.6 is 11.6 Å². The molecule has 1 amide bonds. The van der Waals surface area contributed by atoms with E-state index < -0.39 is 11.5 Å². The fraction of sp³-hybridized carbons (Fsp3) is 0.280. The third-order valence-corrected chi connectivity index (χ3v) is 6.79. The molecule has 3 heterocycles. The Balaban J connectivity index is 1.42. The lowest BCUT2D eigenvalue weighted by Crippen LogP contribution is -2.42. The van der Waals surface area contributed by atoms with Gasteiger partial charge in [-0.3, -0.25) is 4.79 Å². The van der Waals surface area contributed by atoms with Crippen molar-refractivity contribution in [2.24, 2.45) is 21.1 Å². The van der Waals surface area contributed by atoms with Gasteiger partial charge in [0, 0.05) is 40.7 Å². The summed E-state index contributed by atoms with van der Waals surface area (Å²) >= 11 is 6.07. The molecule has 2 unspecified atom stereocenters. The van der Waals surface area contributed by atoms with Gasteiger partial charge in [0.25, 0.3) is 5.91 Å². The number of benzene rings is 2. The van der Waals surface area contributed by atoms with Gasteiger partial charge < -0.3 is 16.4 Å². The second kappa shape index (κ2) is 10.1. The minimum atomic E-state index is -1.03. The Hall–Kier alpha value is -3.76. The molecule has 3 aromatic rings. The van der Waals surface area contributed by atoms with Gasteiger partial charge in [0.1, 0.15) is 23.7 Å². The van der Waals surface area contributed by atoms with Crippen molar-refractivity contribution in [2.75, 3.05) is 18.8 Å². The zero-order valence-corrected chi connectivity index (χ0v) is 20.0. The average Bonchev–Trinajstić information content (AvgIpc) is 3.40. The standard InChI is InChI=1S/C25H24ClFN8O/c26-19-7-2-8-20(27)18(19)12-31-24(36)16-5-1-4-15(10-16)21-13-30-23(28)22(34-21)25(32-14-33-35-25)17-6-3-9-29-11-17/h1-2,4-5,7-8,10,13-14,17,29H,3,6,9,11-12H2,(H2,28,30)(H,31,36). The van der Waals surface area contributed by atoms with Gasteiger partial charge in [-0.1, -0.05) is 29.8 Å². The number of aliphatic imine (C=N–C) groups is 1. The number of aromatic nitrogens is 2. The predicted molar refractivity (Wildman–Crippen MR) is 135 cm³/mol. The highest BCUT2D eigenvalue weighted by Crippen LogP contribution is 2.42. The maximum atomic E-state index is 14.1. The molecule has 2 atom stereocenters. The summed E-state index contributed by atoms with van der Waals surface area (Å²) in [6.45, 7) is 1.61. The number of anilines is 1. The molecular formula is C25H24ClFN8O. The van der Waals surface area contributed by atoms with E-state index >= 15 is 0 Å². The molecule has 184 valence electrons. The molecule has 36 heavy (non-hydrogen) atoms. The Kier molecular flexibility index (Phi) is 6.71. The first kappa shape index (κ1) is 24.0. The van der Waals surface area contributed by atoms with Gasteiger partial charge in [0.15, 0.2) is 0 Å². The number of halogens is 2. The number of nitrogens with one attached hydrogen (secondary N) is 2. The minimum Gasteiger partial charge on any atom is -0.382 e. The molecule has 0 saturated carbocycles. The summed E-state index contributed by atoms with van der Waals surface area (Å²) in [5.41, 5.74) is 7.46. The van der Waals surface area contributed by atoms with E-state index in [2.05, 4.69) is 30.8 Å². The summed E-state index contributed by atoms with van der Waals surface area (Å²) in [6, 6.07) is 11.3. The Bertz CT molecular complexity index is 1320. The zero-order chi connectivity index (χ0) is 25.1. The zero-order valence-electron chi connectivity index (χ0n) is 19.3. The minimum absolute atomic E-state index is 0.0305. The van der Waals surface area contributed by atoms with Crippen LogP contribution < -0.4 is 16.4 Å². The first-order valence-corrected chi connectivity index (χ1v) is 12.0. The van der Waals surface area contributed by atoms with Crippen LogP contribution in [0.3, 0.4) is 0 Å². The Morgan fingerprint density at radius 2 is 2.14 bits per heavy atom. The van der Waals surface area contributed by atoms with Crippen molar-refractivity contribution >= 4 is 29.7 Å². The van der Waals surface area contributed by atoms with Crippen molar-refractivity contribution in [3.8, 4) is 11.3 Å². The molecule has 9 nitrogen and oxygen atoms in total. The van der Waals surface area contributed by atoms with Crippen LogP contribution in [-0.4, -0.2) is 35.3 Å². The van der Waals surface area contributed by atoms with Gasteiger partial charge in [0.05, 0.1) is 11.9 Å². The van der Waals surface area contributed by atoms with Crippen LogP contribution in [0.4, 0.5) is 10.2 Å². The van der Waals surface area contributed by atoms with Crippen molar-refractivity contribution in [1.82, 2.24) is 20.6 Å². The van der Waals surface area contributed by atoms with Crippen LogP contribution in [-0.2, 0) is 12.2 Å². The number of nitrogens with zero attached hydrogens (tertiary/aromatic N) is 5. The number of hydrogen-bond acceptors (Lipinski definition) is 8. The van der Waals surface area contributed by atoms with E-state index in [1.807, 2.05) is 6.07 Å². The van der Waals surface area contributed by atoms with E-state index in [0.717, 1.165) is 19.4 Å².